The predicted octanol–water partition coefficient (Wildman–Crippen LogP) is 1.78. The highest BCUT2D eigenvalue weighted by atomic mass is 32.2. The van der Waals surface area contributed by atoms with Gasteiger partial charge < -0.3 is 33.2 Å². The maximum Gasteiger partial charge on any atom is 0.107 e. The molecule has 0 aliphatic rings. The maximum atomic E-state index is 8.10. The fourth-order valence-corrected chi connectivity index (χ4v) is 2.50. The largest absolute Gasteiger partial charge is 0.379 e. The second kappa shape index (κ2) is 27.9. The van der Waals surface area contributed by atoms with E-state index >= 15 is 0 Å². The molecule has 0 aromatic rings. The zero-order chi connectivity index (χ0) is 21.8. The van der Waals surface area contributed by atoms with Crippen LogP contribution in [-0.4, -0.2) is 111 Å². The van der Waals surface area contributed by atoms with Crippen LogP contribution in [0.25, 0.3) is 10.4 Å². The van der Waals surface area contributed by atoms with Crippen molar-refractivity contribution in [2.24, 2.45) is 5.11 Å². The number of hydrogen-bond acceptors (Lipinski definition) is 9. The van der Waals surface area contributed by atoms with Crippen LogP contribution in [0.4, 0.5) is 0 Å². The Balaban J connectivity index is 3.00. The Kier molecular flexibility index (Phi) is 27.0. The molecule has 0 aromatic carbocycles. The monoisotopic (exact) mass is 449 g/mol. The highest BCUT2D eigenvalue weighted by Gasteiger charge is 1.95. The third kappa shape index (κ3) is 26.9. The molecule has 0 saturated carbocycles. The first-order chi connectivity index (χ1) is 14.9. The highest BCUT2D eigenvalue weighted by molar-refractivity contribution is 7.99. The molecule has 0 radical (unpaired) electrons. The van der Waals surface area contributed by atoms with Crippen molar-refractivity contribution < 1.29 is 33.2 Å². The molecule has 0 aliphatic heterocycles. The van der Waals surface area contributed by atoms with Crippen LogP contribution in [-0.2, 0) is 33.2 Å². The van der Waals surface area contributed by atoms with Crippen molar-refractivity contribution in [3.63, 3.8) is 0 Å². The normalized spacial score (nSPS) is 10.6. The van der Waals surface area contributed by atoms with Crippen LogP contribution < -0.4 is 0 Å². The third-order valence-electron chi connectivity index (χ3n) is 3.19. The lowest BCUT2D eigenvalue weighted by Gasteiger charge is -2.07. The predicted molar refractivity (Wildman–Crippen MR) is 116 cm³/mol. The molecule has 0 spiro atoms. The van der Waals surface area contributed by atoms with Gasteiger partial charge in [-0.1, -0.05) is 11.0 Å². The molecule has 0 N–H and O–H groups in total. The molecule has 11 heteroatoms. The number of terminal acetylenes is 1. The van der Waals surface area contributed by atoms with E-state index in [0.29, 0.717) is 99.0 Å². The van der Waals surface area contributed by atoms with Crippen LogP contribution in [0.5, 0.6) is 0 Å². The van der Waals surface area contributed by atoms with Gasteiger partial charge in [0.15, 0.2) is 0 Å². The number of rotatable bonds is 25. The topological polar surface area (TPSA) is 113 Å². The van der Waals surface area contributed by atoms with Crippen LogP contribution in [0.1, 0.15) is 0 Å². The van der Waals surface area contributed by atoms with Crippen LogP contribution >= 0.6 is 11.8 Å². The van der Waals surface area contributed by atoms with Gasteiger partial charge in [-0.05, 0) is 5.53 Å². The van der Waals surface area contributed by atoms with Crippen LogP contribution in [0.3, 0.4) is 0 Å². The average molecular weight is 450 g/mol. The van der Waals surface area contributed by atoms with Gasteiger partial charge >= 0.3 is 0 Å². The molecule has 0 saturated heterocycles. The summed E-state index contributed by atoms with van der Waals surface area (Å²) in [6.45, 7) is 7.79. The third-order valence-corrected chi connectivity index (χ3v) is 4.10. The summed E-state index contributed by atoms with van der Waals surface area (Å²) in [4.78, 5) is 2.64. The van der Waals surface area contributed by atoms with Crippen molar-refractivity contribution in [2.45, 2.75) is 0 Å². The molecule has 30 heavy (non-hydrogen) atoms. The zero-order valence-corrected chi connectivity index (χ0v) is 18.5. The molecule has 0 bridgehead atoms. The van der Waals surface area contributed by atoms with Crippen molar-refractivity contribution >= 4 is 11.8 Å². The maximum absolute atomic E-state index is 8.10. The zero-order valence-electron chi connectivity index (χ0n) is 17.7. The van der Waals surface area contributed by atoms with Crippen LogP contribution in [0.15, 0.2) is 5.11 Å². The van der Waals surface area contributed by atoms with Crippen molar-refractivity contribution in [1.29, 1.82) is 0 Å². The molecule has 0 amide bonds. The van der Waals surface area contributed by atoms with E-state index in [2.05, 4.69) is 15.9 Å². The van der Waals surface area contributed by atoms with Gasteiger partial charge in [-0.2, -0.15) is 11.8 Å². The molecule has 0 unspecified atom stereocenters. The molecule has 10 nitrogen and oxygen atoms in total. The van der Waals surface area contributed by atoms with E-state index in [1.165, 1.54) is 0 Å². The van der Waals surface area contributed by atoms with Crippen molar-refractivity contribution in [3.8, 4) is 12.3 Å². The number of nitrogens with zero attached hydrogens (tertiary/aromatic N) is 3. The quantitative estimate of drug-likeness (QED) is 0.0681. The van der Waals surface area contributed by atoms with Gasteiger partial charge in [-0.15, -0.1) is 6.42 Å². The second-order valence-electron chi connectivity index (χ2n) is 5.50. The molecule has 0 atom stereocenters. The van der Waals surface area contributed by atoms with E-state index in [4.69, 9.17) is 45.1 Å². The van der Waals surface area contributed by atoms with Gasteiger partial charge in [0.1, 0.15) is 6.61 Å². The van der Waals surface area contributed by atoms with E-state index < -0.39 is 0 Å². The Labute approximate surface area is 183 Å². The summed E-state index contributed by atoms with van der Waals surface area (Å²) in [5.74, 6) is 4.24. The molecule has 0 heterocycles. The average Bonchev–Trinajstić information content (AvgIpc) is 2.76. The molecule has 0 aliphatic carbocycles. The van der Waals surface area contributed by atoms with Gasteiger partial charge in [-0.25, -0.2) is 0 Å². The Bertz CT molecular complexity index is 435. The van der Waals surface area contributed by atoms with Gasteiger partial charge in [0, 0.05) is 23.0 Å². The lowest BCUT2D eigenvalue weighted by atomic mass is 10.7. The molecular formula is C19H35N3O7S. The van der Waals surface area contributed by atoms with E-state index in [1.54, 1.807) is 11.8 Å². The first-order valence-corrected chi connectivity index (χ1v) is 11.1. The molecule has 0 fully saturated rings. The number of hydrogen-bond donors (Lipinski definition) is 0. The highest BCUT2D eigenvalue weighted by Crippen LogP contribution is 1.99. The number of azide groups is 1. The van der Waals surface area contributed by atoms with Crippen molar-refractivity contribution in [3.05, 3.63) is 10.4 Å². The second-order valence-corrected chi connectivity index (χ2v) is 6.72. The summed E-state index contributed by atoms with van der Waals surface area (Å²) in [7, 11) is 0. The van der Waals surface area contributed by atoms with Crippen molar-refractivity contribution in [2.75, 3.05) is 111 Å². The summed E-state index contributed by atoms with van der Waals surface area (Å²) in [6.07, 6.45) is 5.06. The van der Waals surface area contributed by atoms with E-state index in [1.807, 2.05) is 0 Å². The smallest absolute Gasteiger partial charge is 0.107 e. The Morgan fingerprint density at radius 2 is 1.03 bits per heavy atom. The summed E-state index contributed by atoms with van der Waals surface area (Å²) in [6, 6.07) is 0. The SMILES string of the molecule is C#CCOCCOCCOCCOCCSCCOCCOCCOCCN=[N+]=[N-]. The summed E-state index contributed by atoms with van der Waals surface area (Å²) in [5.41, 5.74) is 8.10. The molecule has 0 rings (SSSR count). The fraction of sp³-hybridized carbons (Fsp3) is 0.895. The van der Waals surface area contributed by atoms with E-state index in [9.17, 15) is 0 Å². The minimum absolute atomic E-state index is 0.317. The first-order valence-electron chi connectivity index (χ1n) is 9.98. The summed E-state index contributed by atoms with van der Waals surface area (Å²) >= 11 is 1.79. The van der Waals surface area contributed by atoms with Gasteiger partial charge in [0.05, 0.1) is 85.9 Å². The lowest BCUT2D eigenvalue weighted by molar-refractivity contribution is 0.00310. The van der Waals surface area contributed by atoms with Gasteiger partial charge in [-0.3, -0.25) is 0 Å². The lowest BCUT2D eigenvalue weighted by Crippen LogP contribution is -2.12. The van der Waals surface area contributed by atoms with Gasteiger partial charge in [0.25, 0.3) is 0 Å². The molecular weight excluding hydrogens is 414 g/mol. The van der Waals surface area contributed by atoms with Gasteiger partial charge in [0.2, 0.25) is 0 Å². The Morgan fingerprint density at radius 3 is 1.47 bits per heavy atom. The van der Waals surface area contributed by atoms with Crippen LogP contribution in [0, 0.1) is 12.3 Å². The Hall–Kier alpha value is -1.06. The van der Waals surface area contributed by atoms with E-state index in [-0.39, 0.29) is 0 Å². The Morgan fingerprint density at radius 1 is 0.633 bits per heavy atom. The van der Waals surface area contributed by atoms with Crippen LogP contribution in [0.2, 0.25) is 0 Å². The number of thioether (sulfide) groups is 1. The minimum atomic E-state index is 0.317. The molecule has 0 aromatic heterocycles. The standard InChI is InChI=1S/C19H35N3O7S/c1-2-4-23-6-8-25-10-11-27-13-15-29-17-19-30-18-16-28-14-12-26-9-7-24-5-3-21-22-20/h1H,3-19H2. The first kappa shape index (κ1) is 28.9. The molecule has 174 valence electrons. The van der Waals surface area contributed by atoms with Crippen molar-refractivity contribution in [1.82, 2.24) is 0 Å². The minimum Gasteiger partial charge on any atom is -0.379 e. The summed E-state index contributed by atoms with van der Waals surface area (Å²) in [5, 5.41) is 3.37. The number of ether oxygens (including phenoxy) is 7. The van der Waals surface area contributed by atoms with E-state index in [0.717, 1.165) is 11.5 Å². The fourth-order valence-electron chi connectivity index (χ4n) is 1.82. The summed E-state index contributed by atoms with van der Waals surface area (Å²) < 4.78 is 37.4.